The Kier molecular flexibility index (Phi) is 3.25. The number of likely N-dealkylation sites (N-methyl/N-ethyl adjacent to an activating group) is 1. The van der Waals surface area contributed by atoms with Crippen LogP contribution in [-0.2, 0) is 4.74 Å². The number of hydrogen-bond acceptors (Lipinski definition) is 3. The van der Waals surface area contributed by atoms with Gasteiger partial charge in [0.1, 0.15) is 0 Å². The molecule has 3 rings (SSSR count). The largest absolute Gasteiger partial charge is 0.373 e. The van der Waals surface area contributed by atoms with Gasteiger partial charge >= 0.3 is 0 Å². The minimum atomic E-state index is -0.126. The number of rotatable bonds is 3. The molecule has 1 aromatic carbocycles. The fourth-order valence-electron chi connectivity index (χ4n) is 3.21. The molecule has 0 radical (unpaired) electrons. The third kappa shape index (κ3) is 2.13. The van der Waals surface area contributed by atoms with Gasteiger partial charge in [0.2, 0.25) is 0 Å². The summed E-state index contributed by atoms with van der Waals surface area (Å²) < 4.78 is 6.01. The van der Waals surface area contributed by atoms with Crippen LogP contribution >= 0.6 is 0 Å². The van der Waals surface area contributed by atoms with Crippen LogP contribution in [0.2, 0.25) is 0 Å². The van der Waals surface area contributed by atoms with Crippen molar-refractivity contribution in [1.82, 2.24) is 10.3 Å². The number of fused-ring (bicyclic) bond motifs is 1. The predicted octanol–water partition coefficient (Wildman–Crippen LogP) is 3.06. The van der Waals surface area contributed by atoms with Crippen LogP contribution in [0.4, 0.5) is 0 Å². The Morgan fingerprint density at radius 3 is 3.00 bits per heavy atom. The summed E-state index contributed by atoms with van der Waals surface area (Å²) in [7, 11) is 2.01. The van der Waals surface area contributed by atoms with Crippen molar-refractivity contribution in [2.45, 2.75) is 31.4 Å². The average Bonchev–Trinajstić information content (AvgIpc) is 2.87. The van der Waals surface area contributed by atoms with E-state index >= 15 is 0 Å². The molecule has 2 atom stereocenters. The molecule has 2 heterocycles. The third-order valence-corrected chi connectivity index (χ3v) is 4.18. The van der Waals surface area contributed by atoms with Gasteiger partial charge in [-0.1, -0.05) is 18.2 Å². The molecule has 1 aromatic heterocycles. The summed E-state index contributed by atoms with van der Waals surface area (Å²) in [6.45, 7) is 3.06. The van der Waals surface area contributed by atoms with E-state index in [2.05, 4.69) is 41.5 Å². The number of ether oxygens (including phenoxy) is 1. The van der Waals surface area contributed by atoms with E-state index in [0.29, 0.717) is 0 Å². The lowest BCUT2D eigenvalue weighted by Crippen LogP contribution is -2.39. The normalized spacial score (nSPS) is 24.7. The number of benzene rings is 1. The molecule has 3 heteroatoms. The van der Waals surface area contributed by atoms with E-state index in [0.717, 1.165) is 19.4 Å². The van der Waals surface area contributed by atoms with Crippen LogP contribution in [0.25, 0.3) is 10.8 Å². The van der Waals surface area contributed by atoms with Crippen LogP contribution in [0, 0.1) is 0 Å². The molecule has 1 saturated heterocycles. The van der Waals surface area contributed by atoms with Gasteiger partial charge in [-0.2, -0.15) is 0 Å². The average molecular weight is 256 g/mol. The van der Waals surface area contributed by atoms with Crippen molar-refractivity contribution in [2.24, 2.45) is 0 Å². The first-order chi connectivity index (χ1) is 9.24. The van der Waals surface area contributed by atoms with Crippen molar-refractivity contribution >= 4 is 10.8 Å². The zero-order valence-electron chi connectivity index (χ0n) is 11.5. The molecule has 2 unspecified atom stereocenters. The molecule has 1 fully saturated rings. The monoisotopic (exact) mass is 256 g/mol. The van der Waals surface area contributed by atoms with Gasteiger partial charge in [0, 0.05) is 24.4 Å². The Morgan fingerprint density at radius 1 is 1.37 bits per heavy atom. The summed E-state index contributed by atoms with van der Waals surface area (Å²) in [5.41, 5.74) is 1.15. The Hall–Kier alpha value is -1.45. The summed E-state index contributed by atoms with van der Waals surface area (Å²) in [4.78, 5) is 4.27. The zero-order chi connectivity index (χ0) is 13.3. The number of nitrogens with zero attached hydrogens (tertiary/aromatic N) is 1. The van der Waals surface area contributed by atoms with Gasteiger partial charge in [-0.25, -0.2) is 0 Å². The van der Waals surface area contributed by atoms with Crippen molar-refractivity contribution in [3.8, 4) is 0 Å². The van der Waals surface area contributed by atoms with Crippen LogP contribution in [-0.4, -0.2) is 24.2 Å². The Balaban J connectivity index is 2.11. The number of aromatic nitrogens is 1. The van der Waals surface area contributed by atoms with Crippen molar-refractivity contribution in [3.05, 3.63) is 42.2 Å². The number of nitrogens with one attached hydrogen (secondary N) is 1. The summed E-state index contributed by atoms with van der Waals surface area (Å²) in [6.07, 6.45) is 6.02. The number of hydrogen-bond donors (Lipinski definition) is 1. The highest BCUT2D eigenvalue weighted by molar-refractivity contribution is 5.85. The van der Waals surface area contributed by atoms with Gasteiger partial charge in [-0.05, 0) is 43.8 Å². The first kappa shape index (κ1) is 12.6. The molecule has 1 aliphatic heterocycles. The molecular weight excluding hydrogens is 236 g/mol. The minimum Gasteiger partial charge on any atom is -0.373 e. The lowest BCUT2D eigenvalue weighted by Gasteiger charge is -2.34. The molecule has 0 saturated carbocycles. The predicted molar refractivity (Wildman–Crippen MR) is 77.1 cm³/mol. The second-order valence-electron chi connectivity index (χ2n) is 5.43. The lowest BCUT2D eigenvalue weighted by atomic mass is 9.86. The second-order valence-corrected chi connectivity index (χ2v) is 5.43. The molecule has 3 nitrogen and oxygen atoms in total. The molecule has 1 aliphatic rings. The fourth-order valence-corrected chi connectivity index (χ4v) is 3.21. The van der Waals surface area contributed by atoms with E-state index < -0.39 is 0 Å². The third-order valence-electron chi connectivity index (χ3n) is 4.18. The first-order valence-corrected chi connectivity index (χ1v) is 6.88. The minimum absolute atomic E-state index is 0.126. The zero-order valence-corrected chi connectivity index (χ0v) is 11.5. The van der Waals surface area contributed by atoms with Gasteiger partial charge in [0.05, 0.1) is 11.6 Å². The maximum Gasteiger partial charge on any atom is 0.0849 e. The van der Waals surface area contributed by atoms with Gasteiger partial charge in [-0.3, -0.25) is 4.98 Å². The van der Waals surface area contributed by atoms with Gasteiger partial charge in [-0.15, -0.1) is 0 Å². The topological polar surface area (TPSA) is 34.2 Å². The standard InChI is InChI=1S/C16H20N2O/c1-16(8-4-10-19-16)15(17-2)13-6-3-5-12-7-9-18-11-14(12)13/h3,5-7,9,11,15,17H,4,8,10H2,1-2H3. The Bertz CT molecular complexity index is 570. The quantitative estimate of drug-likeness (QED) is 0.916. The van der Waals surface area contributed by atoms with Crippen molar-refractivity contribution in [1.29, 1.82) is 0 Å². The van der Waals surface area contributed by atoms with Crippen LogP contribution < -0.4 is 5.32 Å². The van der Waals surface area contributed by atoms with Crippen molar-refractivity contribution < 1.29 is 4.74 Å². The Labute approximate surface area is 114 Å². The fraction of sp³-hybridized carbons (Fsp3) is 0.438. The van der Waals surface area contributed by atoms with Crippen LogP contribution in [0.5, 0.6) is 0 Å². The van der Waals surface area contributed by atoms with Crippen LogP contribution in [0.1, 0.15) is 31.4 Å². The van der Waals surface area contributed by atoms with Gasteiger partial charge in [0.15, 0.2) is 0 Å². The summed E-state index contributed by atoms with van der Waals surface area (Å²) in [5, 5.41) is 5.88. The molecule has 19 heavy (non-hydrogen) atoms. The highest BCUT2D eigenvalue weighted by Gasteiger charge is 2.39. The molecule has 0 spiro atoms. The maximum atomic E-state index is 6.01. The van der Waals surface area contributed by atoms with Crippen LogP contribution in [0.3, 0.4) is 0 Å². The smallest absolute Gasteiger partial charge is 0.0849 e. The molecule has 100 valence electrons. The highest BCUT2D eigenvalue weighted by Crippen LogP contribution is 2.39. The van der Waals surface area contributed by atoms with Crippen molar-refractivity contribution in [2.75, 3.05) is 13.7 Å². The molecule has 0 bridgehead atoms. The molecule has 0 amide bonds. The van der Waals surface area contributed by atoms with E-state index in [4.69, 9.17) is 4.74 Å². The SMILES string of the molecule is CNC(c1cccc2ccncc12)C1(C)CCCO1. The molecular formula is C16H20N2O. The van der Waals surface area contributed by atoms with E-state index in [1.54, 1.807) is 0 Å². The molecule has 2 aromatic rings. The first-order valence-electron chi connectivity index (χ1n) is 6.88. The number of pyridine rings is 1. The lowest BCUT2D eigenvalue weighted by molar-refractivity contribution is -0.0101. The van der Waals surface area contributed by atoms with E-state index in [-0.39, 0.29) is 11.6 Å². The molecule has 1 N–H and O–H groups in total. The van der Waals surface area contributed by atoms with E-state index in [1.807, 2.05) is 19.4 Å². The van der Waals surface area contributed by atoms with E-state index in [9.17, 15) is 0 Å². The summed E-state index contributed by atoms with van der Waals surface area (Å²) in [6, 6.07) is 8.68. The summed E-state index contributed by atoms with van der Waals surface area (Å²) in [5.74, 6) is 0. The summed E-state index contributed by atoms with van der Waals surface area (Å²) >= 11 is 0. The van der Waals surface area contributed by atoms with Gasteiger partial charge in [0.25, 0.3) is 0 Å². The highest BCUT2D eigenvalue weighted by atomic mass is 16.5. The molecule has 0 aliphatic carbocycles. The Morgan fingerprint density at radius 2 is 2.26 bits per heavy atom. The second kappa shape index (κ2) is 4.91. The maximum absolute atomic E-state index is 6.01. The van der Waals surface area contributed by atoms with E-state index in [1.165, 1.54) is 16.3 Å². The van der Waals surface area contributed by atoms with Crippen LogP contribution in [0.15, 0.2) is 36.7 Å². The van der Waals surface area contributed by atoms with Crippen molar-refractivity contribution in [3.63, 3.8) is 0 Å². The van der Waals surface area contributed by atoms with Gasteiger partial charge < -0.3 is 10.1 Å².